The van der Waals surface area contributed by atoms with Gasteiger partial charge in [0.1, 0.15) is 0 Å². The quantitative estimate of drug-likeness (QED) is 0.895. The lowest BCUT2D eigenvalue weighted by Crippen LogP contribution is -2.33. The van der Waals surface area contributed by atoms with Crippen molar-refractivity contribution in [3.63, 3.8) is 0 Å². The predicted octanol–water partition coefficient (Wildman–Crippen LogP) is 2.90. The van der Waals surface area contributed by atoms with Gasteiger partial charge in [0.25, 0.3) is 0 Å². The first-order valence-corrected chi connectivity index (χ1v) is 7.42. The number of nitrogens with one attached hydrogen (secondary N) is 1. The molecule has 2 aliphatic rings. The minimum absolute atomic E-state index is 0.649. The summed E-state index contributed by atoms with van der Waals surface area (Å²) in [5, 5.41) is 4.59. The lowest BCUT2D eigenvalue weighted by atomic mass is 10.1. The number of nitrogens with zero attached hydrogens (tertiary/aromatic N) is 2. The zero-order valence-corrected chi connectivity index (χ0v) is 11.7. The molecule has 0 radical (unpaired) electrons. The standard InChI is InChI=1S/C13H21N3S/c1-8(2)7-14-13-15-10-6-9-4-5-11(16(9)3)12(10)17-13/h8-9,11H,4-7H2,1-3H3,(H,14,15). The maximum absolute atomic E-state index is 4.78. The second kappa shape index (κ2) is 4.25. The third-order valence-electron chi connectivity index (χ3n) is 3.96. The smallest absolute Gasteiger partial charge is 0.183 e. The summed E-state index contributed by atoms with van der Waals surface area (Å²) in [6.45, 7) is 5.49. The van der Waals surface area contributed by atoms with Crippen LogP contribution in [0.3, 0.4) is 0 Å². The molecule has 1 saturated heterocycles. The molecule has 2 bridgehead atoms. The summed E-state index contributed by atoms with van der Waals surface area (Å²) >= 11 is 1.88. The van der Waals surface area contributed by atoms with Gasteiger partial charge >= 0.3 is 0 Å². The largest absolute Gasteiger partial charge is 0.361 e. The lowest BCUT2D eigenvalue weighted by molar-refractivity contribution is 0.226. The number of anilines is 1. The number of hydrogen-bond donors (Lipinski definition) is 1. The third-order valence-corrected chi connectivity index (χ3v) is 5.12. The van der Waals surface area contributed by atoms with E-state index in [2.05, 4.69) is 31.1 Å². The Balaban J connectivity index is 1.80. The van der Waals surface area contributed by atoms with Gasteiger partial charge in [-0.2, -0.15) is 0 Å². The Morgan fingerprint density at radius 3 is 3.06 bits per heavy atom. The van der Waals surface area contributed by atoms with Gasteiger partial charge in [-0.1, -0.05) is 13.8 Å². The highest BCUT2D eigenvalue weighted by Crippen LogP contribution is 2.45. The molecule has 0 aromatic carbocycles. The topological polar surface area (TPSA) is 28.2 Å². The van der Waals surface area contributed by atoms with Crippen LogP contribution in [0.15, 0.2) is 0 Å². The van der Waals surface area contributed by atoms with Crippen LogP contribution >= 0.6 is 11.3 Å². The van der Waals surface area contributed by atoms with Crippen LogP contribution in [-0.4, -0.2) is 29.5 Å². The molecule has 2 aliphatic heterocycles. The normalized spacial score (nSPS) is 27.5. The molecule has 0 aliphatic carbocycles. The molecule has 1 fully saturated rings. The minimum Gasteiger partial charge on any atom is -0.361 e. The highest BCUT2D eigenvalue weighted by Gasteiger charge is 2.39. The van der Waals surface area contributed by atoms with E-state index >= 15 is 0 Å². The average molecular weight is 251 g/mol. The second-order valence-corrected chi connectivity index (χ2v) is 6.75. The van der Waals surface area contributed by atoms with Crippen LogP contribution in [0.5, 0.6) is 0 Å². The van der Waals surface area contributed by atoms with E-state index in [9.17, 15) is 0 Å². The molecule has 1 N–H and O–H groups in total. The Labute approximate surface area is 107 Å². The van der Waals surface area contributed by atoms with Crippen molar-refractivity contribution in [3.8, 4) is 0 Å². The molecule has 1 aromatic rings. The van der Waals surface area contributed by atoms with E-state index in [1.54, 1.807) is 0 Å². The van der Waals surface area contributed by atoms with Gasteiger partial charge in [0, 0.05) is 29.9 Å². The molecular weight excluding hydrogens is 230 g/mol. The van der Waals surface area contributed by atoms with Crippen LogP contribution in [0.2, 0.25) is 0 Å². The highest BCUT2D eigenvalue weighted by molar-refractivity contribution is 7.15. The van der Waals surface area contributed by atoms with E-state index in [0.717, 1.165) is 24.1 Å². The summed E-state index contributed by atoms with van der Waals surface area (Å²) in [5.74, 6) is 0.676. The highest BCUT2D eigenvalue weighted by atomic mass is 32.1. The number of thiazole rings is 1. The van der Waals surface area contributed by atoms with Crippen molar-refractivity contribution in [2.24, 2.45) is 5.92 Å². The Morgan fingerprint density at radius 1 is 1.47 bits per heavy atom. The molecule has 3 nitrogen and oxygen atoms in total. The Morgan fingerprint density at radius 2 is 2.29 bits per heavy atom. The summed E-state index contributed by atoms with van der Waals surface area (Å²) in [6, 6.07) is 1.39. The molecular formula is C13H21N3S. The van der Waals surface area contributed by atoms with Crippen molar-refractivity contribution >= 4 is 16.5 Å². The molecule has 0 spiro atoms. The van der Waals surface area contributed by atoms with Crippen LogP contribution in [0.25, 0.3) is 0 Å². The molecule has 3 rings (SSSR count). The van der Waals surface area contributed by atoms with Gasteiger partial charge in [0.2, 0.25) is 0 Å². The Kier molecular flexibility index (Phi) is 2.87. The fourth-order valence-corrected chi connectivity index (χ4v) is 4.12. The number of fused-ring (bicyclic) bond motifs is 4. The van der Waals surface area contributed by atoms with Crippen LogP contribution in [0.1, 0.15) is 43.3 Å². The van der Waals surface area contributed by atoms with Gasteiger partial charge in [0.15, 0.2) is 5.13 Å². The zero-order valence-electron chi connectivity index (χ0n) is 10.9. The minimum atomic E-state index is 0.649. The van der Waals surface area contributed by atoms with Gasteiger partial charge < -0.3 is 5.32 Å². The molecule has 17 heavy (non-hydrogen) atoms. The van der Waals surface area contributed by atoms with Crippen molar-refractivity contribution < 1.29 is 0 Å². The van der Waals surface area contributed by atoms with Crippen LogP contribution in [0, 0.1) is 5.92 Å². The van der Waals surface area contributed by atoms with Crippen molar-refractivity contribution in [1.82, 2.24) is 9.88 Å². The number of likely N-dealkylation sites (N-methyl/N-ethyl adjacent to an activating group) is 1. The predicted molar refractivity (Wildman–Crippen MR) is 72.7 cm³/mol. The monoisotopic (exact) mass is 251 g/mol. The molecule has 2 atom stereocenters. The maximum atomic E-state index is 4.78. The summed E-state index contributed by atoms with van der Waals surface area (Å²) in [6.07, 6.45) is 3.82. The number of rotatable bonds is 3. The SMILES string of the molecule is CC(C)CNc1nc2c(s1)C1CCC(C2)N1C. The fraction of sp³-hybridized carbons (Fsp3) is 0.769. The first-order valence-electron chi connectivity index (χ1n) is 6.60. The summed E-state index contributed by atoms with van der Waals surface area (Å²) in [4.78, 5) is 8.85. The van der Waals surface area contributed by atoms with E-state index in [1.807, 2.05) is 11.3 Å². The van der Waals surface area contributed by atoms with Crippen LogP contribution < -0.4 is 5.32 Å². The molecule has 94 valence electrons. The van der Waals surface area contributed by atoms with E-state index in [0.29, 0.717) is 12.0 Å². The van der Waals surface area contributed by atoms with Crippen molar-refractivity contribution in [2.45, 2.75) is 45.2 Å². The molecule has 0 amide bonds. The summed E-state index contributed by atoms with van der Waals surface area (Å²) in [5.41, 5.74) is 1.37. The summed E-state index contributed by atoms with van der Waals surface area (Å²) < 4.78 is 0. The average Bonchev–Trinajstić information content (AvgIpc) is 2.78. The Hall–Kier alpha value is -0.610. The first-order chi connectivity index (χ1) is 8.15. The van der Waals surface area contributed by atoms with E-state index in [-0.39, 0.29) is 0 Å². The second-order valence-electron chi connectivity index (χ2n) is 5.72. The lowest BCUT2D eigenvalue weighted by Gasteiger charge is -2.29. The molecule has 2 unspecified atom stereocenters. The van der Waals surface area contributed by atoms with Crippen LogP contribution in [-0.2, 0) is 6.42 Å². The maximum Gasteiger partial charge on any atom is 0.183 e. The van der Waals surface area contributed by atoms with Gasteiger partial charge in [-0.15, -0.1) is 11.3 Å². The van der Waals surface area contributed by atoms with Gasteiger partial charge in [-0.05, 0) is 25.8 Å². The van der Waals surface area contributed by atoms with Gasteiger partial charge in [0.05, 0.1) is 5.69 Å². The third kappa shape index (κ3) is 1.97. The van der Waals surface area contributed by atoms with Gasteiger partial charge in [-0.25, -0.2) is 4.98 Å². The van der Waals surface area contributed by atoms with E-state index in [1.165, 1.54) is 23.4 Å². The van der Waals surface area contributed by atoms with Crippen molar-refractivity contribution in [1.29, 1.82) is 0 Å². The molecule has 3 heterocycles. The van der Waals surface area contributed by atoms with E-state index < -0.39 is 0 Å². The van der Waals surface area contributed by atoms with Crippen molar-refractivity contribution in [3.05, 3.63) is 10.6 Å². The molecule has 1 aromatic heterocycles. The fourth-order valence-electron chi connectivity index (χ4n) is 2.93. The molecule has 0 saturated carbocycles. The zero-order chi connectivity index (χ0) is 12.0. The van der Waals surface area contributed by atoms with Crippen LogP contribution in [0.4, 0.5) is 5.13 Å². The number of hydrogen-bond acceptors (Lipinski definition) is 4. The summed E-state index contributed by atoms with van der Waals surface area (Å²) in [7, 11) is 2.27. The molecule has 4 heteroatoms. The van der Waals surface area contributed by atoms with E-state index in [4.69, 9.17) is 4.98 Å². The first kappa shape index (κ1) is 11.5. The Bertz CT molecular complexity index is 413. The number of aromatic nitrogens is 1. The van der Waals surface area contributed by atoms with Crippen molar-refractivity contribution in [2.75, 3.05) is 18.9 Å². The van der Waals surface area contributed by atoms with Gasteiger partial charge in [-0.3, -0.25) is 4.90 Å².